The zero-order chi connectivity index (χ0) is 29.4. The largest absolute Gasteiger partial charge is 0.310 e. The van der Waals surface area contributed by atoms with Crippen molar-refractivity contribution < 1.29 is 0 Å². The predicted octanol–water partition coefficient (Wildman–Crippen LogP) is 11.6. The Bertz CT molecular complexity index is 1620. The van der Waals surface area contributed by atoms with E-state index in [2.05, 4.69) is 173 Å². The van der Waals surface area contributed by atoms with Crippen molar-refractivity contribution in [2.45, 2.75) is 41.5 Å². The molecule has 0 saturated heterocycles. The molecule has 6 aromatic carbocycles. The zero-order valence-corrected chi connectivity index (χ0v) is 25.4. The maximum absolute atomic E-state index is 2.40. The smallest absolute Gasteiger partial charge is 0.0543 e. The van der Waals surface area contributed by atoms with E-state index in [-0.39, 0.29) is 0 Å². The minimum Gasteiger partial charge on any atom is -0.310 e. The fourth-order valence-corrected chi connectivity index (χ4v) is 5.70. The van der Waals surface area contributed by atoms with Crippen molar-refractivity contribution in [1.82, 2.24) is 0 Å². The lowest BCUT2D eigenvalue weighted by Crippen LogP contribution is -2.13. The fraction of sp³-hybridized carbons (Fsp3) is 0.150. The molecule has 0 unspecified atom stereocenters. The Labute approximate surface area is 250 Å². The second-order valence-electron chi connectivity index (χ2n) is 11.7. The van der Waals surface area contributed by atoms with Gasteiger partial charge in [-0.25, -0.2) is 0 Å². The molecule has 0 aliphatic rings. The number of benzene rings is 6. The van der Waals surface area contributed by atoms with Crippen LogP contribution in [0.1, 0.15) is 33.4 Å². The maximum Gasteiger partial charge on any atom is 0.0543 e. The van der Waals surface area contributed by atoms with Gasteiger partial charge in [0.05, 0.1) is 11.4 Å². The molecule has 0 bridgehead atoms. The summed E-state index contributed by atoms with van der Waals surface area (Å²) < 4.78 is 0. The molecule has 6 rings (SSSR count). The number of aryl methyl sites for hydroxylation is 6. The summed E-state index contributed by atoms with van der Waals surface area (Å²) in [5, 5.41) is 2.45. The van der Waals surface area contributed by atoms with Gasteiger partial charge in [-0.3, -0.25) is 0 Å². The molecular weight excluding hydrogens is 508 g/mol. The molecule has 2 nitrogen and oxygen atoms in total. The lowest BCUT2D eigenvalue weighted by atomic mass is 9.98. The SMILES string of the molecule is Cc1ccc(N(c2ccc(C)cc2)c2cc(C)cc3c(N(c4ccc(C)cc4)c4ccc(C)cc4)cc(C)cc23)cc1. The highest BCUT2D eigenvalue weighted by molar-refractivity contribution is 6.07. The van der Waals surface area contributed by atoms with Crippen molar-refractivity contribution in [3.8, 4) is 0 Å². The number of rotatable bonds is 6. The summed E-state index contributed by atoms with van der Waals surface area (Å²) in [5.74, 6) is 0. The molecule has 0 aliphatic heterocycles. The first kappa shape index (κ1) is 27.4. The normalized spacial score (nSPS) is 11.1. The van der Waals surface area contributed by atoms with E-state index in [0.29, 0.717) is 0 Å². The highest BCUT2D eigenvalue weighted by Gasteiger charge is 2.21. The molecule has 0 radical (unpaired) electrons. The van der Waals surface area contributed by atoms with Crippen molar-refractivity contribution in [3.05, 3.63) is 155 Å². The molecule has 0 atom stereocenters. The second kappa shape index (κ2) is 11.2. The summed E-state index contributed by atoms with van der Waals surface area (Å²) in [7, 11) is 0. The van der Waals surface area contributed by atoms with Crippen molar-refractivity contribution in [2.24, 2.45) is 0 Å². The van der Waals surface area contributed by atoms with Gasteiger partial charge in [0.1, 0.15) is 0 Å². The molecule has 2 heteroatoms. The lowest BCUT2D eigenvalue weighted by Gasteiger charge is -2.31. The van der Waals surface area contributed by atoms with Crippen LogP contribution in [0.4, 0.5) is 34.1 Å². The van der Waals surface area contributed by atoms with Gasteiger partial charge in [0.25, 0.3) is 0 Å². The Morgan fingerprint density at radius 2 is 0.524 bits per heavy atom. The van der Waals surface area contributed by atoms with Crippen molar-refractivity contribution in [2.75, 3.05) is 9.80 Å². The Balaban J connectivity index is 1.65. The molecule has 0 spiro atoms. The van der Waals surface area contributed by atoms with Gasteiger partial charge in [0.2, 0.25) is 0 Å². The molecule has 0 N–H and O–H groups in total. The van der Waals surface area contributed by atoms with Crippen LogP contribution in [0, 0.1) is 41.5 Å². The van der Waals surface area contributed by atoms with Crippen LogP contribution >= 0.6 is 0 Å². The van der Waals surface area contributed by atoms with E-state index in [0.717, 1.165) is 22.7 Å². The van der Waals surface area contributed by atoms with E-state index in [1.807, 2.05) is 0 Å². The Kier molecular flexibility index (Phi) is 7.31. The van der Waals surface area contributed by atoms with Crippen LogP contribution in [-0.2, 0) is 0 Å². The van der Waals surface area contributed by atoms with E-state index in [1.54, 1.807) is 0 Å². The van der Waals surface area contributed by atoms with Gasteiger partial charge in [-0.1, -0.05) is 70.8 Å². The predicted molar refractivity (Wildman–Crippen MR) is 182 cm³/mol. The lowest BCUT2D eigenvalue weighted by molar-refractivity contribution is 1.26. The molecule has 0 fully saturated rings. The molecule has 0 amide bonds. The molecule has 42 heavy (non-hydrogen) atoms. The van der Waals surface area contributed by atoms with Gasteiger partial charge in [0, 0.05) is 33.5 Å². The third-order valence-corrected chi connectivity index (χ3v) is 7.97. The van der Waals surface area contributed by atoms with E-state index in [9.17, 15) is 0 Å². The Morgan fingerprint density at radius 1 is 0.286 bits per heavy atom. The quantitative estimate of drug-likeness (QED) is 0.205. The van der Waals surface area contributed by atoms with Crippen LogP contribution in [-0.4, -0.2) is 0 Å². The van der Waals surface area contributed by atoms with Crippen LogP contribution in [0.5, 0.6) is 0 Å². The molecule has 208 valence electrons. The first-order chi connectivity index (χ1) is 20.3. The van der Waals surface area contributed by atoms with Crippen LogP contribution < -0.4 is 9.80 Å². The van der Waals surface area contributed by atoms with E-state index >= 15 is 0 Å². The van der Waals surface area contributed by atoms with E-state index < -0.39 is 0 Å². The Hall–Kier alpha value is -4.82. The topological polar surface area (TPSA) is 6.48 Å². The standard InChI is InChI=1S/C40H38N2/c1-27-7-15-33(16-8-27)41(34-17-9-28(2)10-18-34)39-25-31(5)24-38-37(39)23-32(6)26-40(38)42(35-19-11-29(3)12-20-35)36-21-13-30(4)14-22-36/h7-26H,1-6H3. The van der Waals surface area contributed by atoms with Gasteiger partial charge < -0.3 is 9.80 Å². The van der Waals surface area contributed by atoms with Crippen molar-refractivity contribution in [1.29, 1.82) is 0 Å². The minimum absolute atomic E-state index is 1.15. The number of fused-ring (bicyclic) bond motifs is 1. The summed E-state index contributed by atoms with van der Waals surface area (Å²) in [6.45, 7) is 13.0. The second-order valence-corrected chi connectivity index (χ2v) is 11.7. The third-order valence-electron chi connectivity index (χ3n) is 7.97. The summed E-state index contributed by atoms with van der Waals surface area (Å²) in [4.78, 5) is 4.80. The van der Waals surface area contributed by atoms with Gasteiger partial charge >= 0.3 is 0 Å². The van der Waals surface area contributed by atoms with Crippen molar-refractivity contribution in [3.63, 3.8) is 0 Å². The van der Waals surface area contributed by atoms with E-state index in [1.165, 1.54) is 55.5 Å². The monoisotopic (exact) mass is 546 g/mol. The molecule has 0 aromatic heterocycles. The van der Waals surface area contributed by atoms with E-state index in [4.69, 9.17) is 0 Å². The molecular formula is C40H38N2. The van der Waals surface area contributed by atoms with Gasteiger partial charge in [-0.15, -0.1) is 0 Å². The van der Waals surface area contributed by atoms with Crippen molar-refractivity contribution >= 4 is 44.9 Å². The number of hydrogen-bond donors (Lipinski definition) is 0. The number of anilines is 6. The summed E-state index contributed by atoms with van der Waals surface area (Å²) >= 11 is 0. The van der Waals surface area contributed by atoms with Gasteiger partial charge in [-0.05, 0) is 125 Å². The highest BCUT2D eigenvalue weighted by atomic mass is 15.2. The molecule has 6 aromatic rings. The molecule has 0 saturated carbocycles. The first-order valence-electron chi connectivity index (χ1n) is 14.7. The third kappa shape index (κ3) is 5.41. The molecule has 0 aliphatic carbocycles. The molecule has 0 heterocycles. The fourth-order valence-electron chi connectivity index (χ4n) is 5.70. The summed E-state index contributed by atoms with van der Waals surface area (Å²) in [6, 6.07) is 44.7. The average Bonchev–Trinajstić information content (AvgIpc) is 2.97. The highest BCUT2D eigenvalue weighted by Crippen LogP contribution is 2.45. The summed E-state index contributed by atoms with van der Waals surface area (Å²) in [6.07, 6.45) is 0. The van der Waals surface area contributed by atoms with Gasteiger partial charge in [-0.2, -0.15) is 0 Å². The van der Waals surface area contributed by atoms with Crippen LogP contribution in [0.2, 0.25) is 0 Å². The minimum atomic E-state index is 1.15. The van der Waals surface area contributed by atoms with Crippen LogP contribution in [0.3, 0.4) is 0 Å². The Morgan fingerprint density at radius 3 is 0.762 bits per heavy atom. The zero-order valence-electron chi connectivity index (χ0n) is 25.4. The van der Waals surface area contributed by atoms with Crippen LogP contribution in [0.15, 0.2) is 121 Å². The van der Waals surface area contributed by atoms with Crippen LogP contribution in [0.25, 0.3) is 10.8 Å². The number of hydrogen-bond acceptors (Lipinski definition) is 2. The summed E-state index contributed by atoms with van der Waals surface area (Å²) in [5.41, 5.74) is 14.4. The first-order valence-corrected chi connectivity index (χ1v) is 14.7. The maximum atomic E-state index is 2.40. The van der Waals surface area contributed by atoms with Gasteiger partial charge in [0.15, 0.2) is 0 Å². The average molecular weight is 547 g/mol. The number of nitrogens with zero attached hydrogens (tertiary/aromatic N) is 2.